The zero-order valence-corrected chi connectivity index (χ0v) is 21.8. The van der Waals surface area contributed by atoms with E-state index < -0.39 is 9.84 Å². The van der Waals surface area contributed by atoms with Crippen LogP contribution in [-0.2, 0) is 21.2 Å². The SMILES string of the molecule is CS(=O)(=O)c1ccc(CN2CCC3(CCN(CCC(N)c4cccc(Cl)c4)CC3)C2=O)cc1.Cl. The Morgan fingerprint density at radius 1 is 1.06 bits per heavy atom. The van der Waals surface area contributed by atoms with Crippen molar-refractivity contribution >= 4 is 39.8 Å². The van der Waals surface area contributed by atoms with Crippen molar-refractivity contribution in [2.45, 2.75) is 43.2 Å². The van der Waals surface area contributed by atoms with Crippen molar-refractivity contribution in [2.75, 3.05) is 32.4 Å². The molecule has 2 heterocycles. The van der Waals surface area contributed by atoms with Crippen molar-refractivity contribution < 1.29 is 13.2 Å². The summed E-state index contributed by atoms with van der Waals surface area (Å²) in [6.07, 6.45) is 4.70. The smallest absolute Gasteiger partial charge is 0.229 e. The van der Waals surface area contributed by atoms with Gasteiger partial charge in [0.1, 0.15) is 0 Å². The lowest BCUT2D eigenvalue weighted by molar-refractivity contribution is -0.138. The van der Waals surface area contributed by atoms with Crippen LogP contribution in [0.4, 0.5) is 0 Å². The Labute approximate surface area is 213 Å². The number of carbonyl (C=O) groups is 1. The number of carbonyl (C=O) groups excluding carboxylic acids is 1. The minimum atomic E-state index is -3.21. The van der Waals surface area contributed by atoms with Crippen LogP contribution in [0.25, 0.3) is 0 Å². The summed E-state index contributed by atoms with van der Waals surface area (Å²) in [4.78, 5) is 17.9. The zero-order valence-electron chi connectivity index (χ0n) is 19.5. The number of sulfone groups is 1. The van der Waals surface area contributed by atoms with Crippen molar-refractivity contribution in [1.29, 1.82) is 0 Å². The van der Waals surface area contributed by atoms with E-state index in [9.17, 15) is 13.2 Å². The van der Waals surface area contributed by atoms with E-state index in [2.05, 4.69) is 4.90 Å². The summed E-state index contributed by atoms with van der Waals surface area (Å²) in [6.45, 7) is 4.01. The molecule has 0 aliphatic carbocycles. The minimum absolute atomic E-state index is 0. The summed E-state index contributed by atoms with van der Waals surface area (Å²) in [6, 6.07) is 14.5. The molecule has 4 rings (SSSR count). The van der Waals surface area contributed by atoms with Gasteiger partial charge in [0.2, 0.25) is 5.91 Å². The average molecular weight is 527 g/mol. The summed E-state index contributed by atoms with van der Waals surface area (Å²) in [5.41, 5.74) is 8.13. The lowest BCUT2D eigenvalue weighted by atomic mass is 9.77. The van der Waals surface area contributed by atoms with Crippen molar-refractivity contribution in [1.82, 2.24) is 9.80 Å². The number of benzene rings is 2. The Morgan fingerprint density at radius 2 is 1.71 bits per heavy atom. The Morgan fingerprint density at radius 3 is 2.32 bits per heavy atom. The third-order valence-electron chi connectivity index (χ3n) is 7.17. The molecule has 2 aromatic rings. The predicted molar refractivity (Wildman–Crippen MR) is 138 cm³/mol. The molecule has 2 fully saturated rings. The highest BCUT2D eigenvalue weighted by Crippen LogP contribution is 2.42. The quantitative estimate of drug-likeness (QED) is 0.588. The van der Waals surface area contributed by atoms with Gasteiger partial charge in [0.05, 0.1) is 10.3 Å². The van der Waals surface area contributed by atoms with E-state index in [4.69, 9.17) is 17.3 Å². The summed E-state index contributed by atoms with van der Waals surface area (Å²) >= 11 is 6.08. The van der Waals surface area contributed by atoms with Gasteiger partial charge in [-0.1, -0.05) is 35.9 Å². The van der Waals surface area contributed by atoms with Crippen LogP contribution < -0.4 is 5.73 Å². The first-order valence-corrected chi connectivity index (χ1v) is 13.8. The van der Waals surface area contributed by atoms with Gasteiger partial charge < -0.3 is 15.5 Å². The van der Waals surface area contributed by atoms with E-state index in [0.717, 1.165) is 63.0 Å². The second-order valence-electron chi connectivity index (χ2n) is 9.46. The fraction of sp³-hybridized carbons (Fsp3) is 0.480. The standard InChI is InChI=1S/C25H32ClN3O3S.ClH/c1-33(31,32)22-7-5-19(6-8-22)18-29-16-12-25(24(29)30)10-14-28(15-11-25)13-9-23(27)20-3-2-4-21(26)17-20;/h2-8,17,23H,9-16,18,27H2,1H3;1H. The Bertz CT molecular complexity index is 1100. The predicted octanol–water partition coefficient (Wildman–Crippen LogP) is 4.07. The number of piperidine rings is 1. The molecule has 34 heavy (non-hydrogen) atoms. The van der Waals surface area contributed by atoms with Gasteiger partial charge in [-0.05, 0) is 80.7 Å². The number of halogens is 2. The average Bonchev–Trinajstić information content (AvgIpc) is 3.08. The van der Waals surface area contributed by atoms with Crippen LogP contribution in [0, 0.1) is 5.41 Å². The third-order valence-corrected chi connectivity index (χ3v) is 8.54. The molecule has 2 aliphatic rings. The molecule has 2 N–H and O–H groups in total. The minimum Gasteiger partial charge on any atom is -0.338 e. The Hall–Kier alpha value is -1.64. The van der Waals surface area contributed by atoms with Gasteiger partial charge in [0.25, 0.3) is 0 Å². The molecular formula is C25H33Cl2N3O3S. The number of nitrogens with zero attached hydrogens (tertiary/aromatic N) is 2. The van der Waals surface area contributed by atoms with Gasteiger partial charge in [0, 0.05) is 30.4 Å². The number of amides is 1. The number of rotatable bonds is 7. The maximum Gasteiger partial charge on any atom is 0.229 e. The molecule has 1 amide bonds. The summed E-state index contributed by atoms with van der Waals surface area (Å²) in [5, 5.41) is 0.707. The Balaban J connectivity index is 0.00000324. The van der Waals surface area contributed by atoms with Crippen LogP contribution in [0.5, 0.6) is 0 Å². The van der Waals surface area contributed by atoms with Gasteiger partial charge in [-0.25, -0.2) is 8.42 Å². The molecule has 9 heteroatoms. The van der Waals surface area contributed by atoms with Gasteiger partial charge in [-0.3, -0.25) is 4.79 Å². The molecule has 0 saturated carbocycles. The van der Waals surface area contributed by atoms with Crippen molar-refractivity contribution in [3.8, 4) is 0 Å². The molecule has 6 nitrogen and oxygen atoms in total. The first-order valence-electron chi connectivity index (χ1n) is 11.5. The summed E-state index contributed by atoms with van der Waals surface area (Å²) < 4.78 is 23.3. The first-order chi connectivity index (χ1) is 15.7. The second kappa shape index (κ2) is 11.0. The number of nitrogens with two attached hydrogens (primary N) is 1. The highest BCUT2D eigenvalue weighted by atomic mass is 35.5. The van der Waals surface area contributed by atoms with Gasteiger partial charge >= 0.3 is 0 Å². The number of likely N-dealkylation sites (tertiary alicyclic amines) is 2. The van der Waals surface area contributed by atoms with E-state index in [1.165, 1.54) is 6.26 Å². The fourth-order valence-electron chi connectivity index (χ4n) is 5.00. The lowest BCUT2D eigenvalue weighted by Crippen LogP contribution is -2.45. The van der Waals surface area contributed by atoms with Crippen LogP contribution in [-0.4, -0.2) is 56.6 Å². The van der Waals surface area contributed by atoms with Crippen LogP contribution in [0.2, 0.25) is 5.02 Å². The zero-order chi connectivity index (χ0) is 23.6. The molecule has 0 aromatic heterocycles. The van der Waals surface area contributed by atoms with Crippen LogP contribution in [0.1, 0.15) is 42.9 Å². The third kappa shape index (κ3) is 6.13. The van der Waals surface area contributed by atoms with Crippen molar-refractivity contribution in [2.24, 2.45) is 11.1 Å². The van der Waals surface area contributed by atoms with Crippen LogP contribution >= 0.6 is 24.0 Å². The summed E-state index contributed by atoms with van der Waals surface area (Å²) in [7, 11) is -3.21. The van der Waals surface area contributed by atoms with Gasteiger partial charge in [-0.15, -0.1) is 12.4 Å². The molecule has 2 aromatic carbocycles. The second-order valence-corrected chi connectivity index (χ2v) is 11.9. The van der Waals surface area contributed by atoms with E-state index in [0.29, 0.717) is 16.5 Å². The highest BCUT2D eigenvalue weighted by molar-refractivity contribution is 7.90. The molecule has 186 valence electrons. The molecule has 0 bridgehead atoms. The normalized spacial score (nSPS) is 19.3. The van der Waals surface area contributed by atoms with Gasteiger partial charge in [-0.2, -0.15) is 0 Å². The summed E-state index contributed by atoms with van der Waals surface area (Å²) in [5.74, 6) is 0.241. The highest BCUT2D eigenvalue weighted by Gasteiger charge is 2.47. The first kappa shape index (κ1) is 27.0. The van der Waals surface area contributed by atoms with E-state index >= 15 is 0 Å². The van der Waals surface area contributed by atoms with Crippen LogP contribution in [0.3, 0.4) is 0 Å². The van der Waals surface area contributed by atoms with E-state index in [1.54, 1.807) is 24.3 Å². The molecule has 1 spiro atoms. The molecule has 0 radical (unpaired) electrons. The molecule has 1 atom stereocenters. The fourth-order valence-corrected chi connectivity index (χ4v) is 5.83. The molecule has 2 saturated heterocycles. The molecule has 1 unspecified atom stereocenters. The largest absolute Gasteiger partial charge is 0.338 e. The monoisotopic (exact) mass is 525 g/mol. The molecule has 2 aliphatic heterocycles. The van der Waals surface area contributed by atoms with Crippen LogP contribution in [0.15, 0.2) is 53.4 Å². The lowest BCUT2D eigenvalue weighted by Gasteiger charge is -2.38. The van der Waals surface area contributed by atoms with E-state index in [-0.39, 0.29) is 29.8 Å². The number of hydrogen-bond acceptors (Lipinski definition) is 5. The topological polar surface area (TPSA) is 83.7 Å². The maximum absolute atomic E-state index is 13.3. The van der Waals surface area contributed by atoms with E-state index in [1.807, 2.05) is 29.2 Å². The maximum atomic E-state index is 13.3. The van der Waals surface area contributed by atoms with Crippen molar-refractivity contribution in [3.63, 3.8) is 0 Å². The van der Waals surface area contributed by atoms with Gasteiger partial charge in [0.15, 0.2) is 9.84 Å². The Kier molecular flexibility index (Phi) is 8.69. The number of hydrogen-bond donors (Lipinski definition) is 1. The van der Waals surface area contributed by atoms with Crippen molar-refractivity contribution in [3.05, 3.63) is 64.7 Å². The molecular weight excluding hydrogens is 493 g/mol.